The molecule has 0 radical (unpaired) electrons. The number of aromatic nitrogens is 2. The van der Waals surface area contributed by atoms with Crippen LogP contribution in [0, 0.1) is 19.7 Å². The highest BCUT2D eigenvalue weighted by molar-refractivity contribution is 6.04. The average molecular weight is 563 g/mol. The maximum absolute atomic E-state index is 13.3. The molecule has 0 atom stereocenters. The lowest BCUT2D eigenvalue weighted by atomic mass is 10.0. The summed E-state index contributed by atoms with van der Waals surface area (Å²) in [6.07, 6.45) is 0. The molecule has 0 aliphatic heterocycles. The molecule has 5 aromatic rings. The van der Waals surface area contributed by atoms with Gasteiger partial charge in [0, 0.05) is 43.5 Å². The van der Waals surface area contributed by atoms with Crippen LogP contribution in [-0.2, 0) is 4.79 Å². The third kappa shape index (κ3) is 5.93. The van der Waals surface area contributed by atoms with E-state index in [0.717, 1.165) is 33.6 Å². The van der Waals surface area contributed by atoms with E-state index in [9.17, 15) is 14.0 Å². The molecule has 42 heavy (non-hydrogen) atoms. The van der Waals surface area contributed by atoms with E-state index in [1.54, 1.807) is 16.8 Å². The van der Waals surface area contributed by atoms with Gasteiger partial charge in [0.25, 0.3) is 5.91 Å². The molecule has 4 aromatic carbocycles. The maximum atomic E-state index is 13.3. The zero-order valence-corrected chi connectivity index (χ0v) is 24.1. The fourth-order valence-corrected chi connectivity index (χ4v) is 4.65. The quantitative estimate of drug-likeness (QED) is 0.212. The van der Waals surface area contributed by atoms with E-state index in [1.807, 2.05) is 87.4 Å². The number of benzene rings is 4. The van der Waals surface area contributed by atoms with Crippen LogP contribution in [0.15, 0.2) is 91.0 Å². The predicted octanol–water partition coefficient (Wildman–Crippen LogP) is 7.21. The summed E-state index contributed by atoms with van der Waals surface area (Å²) < 4.78 is 20.8. The van der Waals surface area contributed by atoms with Crippen molar-refractivity contribution in [3.63, 3.8) is 0 Å². The van der Waals surface area contributed by atoms with Gasteiger partial charge in [0.1, 0.15) is 11.5 Å². The van der Waals surface area contributed by atoms with E-state index in [4.69, 9.17) is 9.84 Å². The molecule has 0 bridgehead atoms. The Kier molecular flexibility index (Phi) is 7.88. The Bertz CT molecular complexity index is 1760. The molecule has 0 unspecified atom stereocenters. The first-order valence-corrected chi connectivity index (χ1v) is 13.4. The molecule has 0 saturated heterocycles. The second kappa shape index (κ2) is 11.7. The van der Waals surface area contributed by atoms with Gasteiger partial charge in [-0.05, 0) is 85.1 Å². The normalized spacial score (nSPS) is 10.8. The third-order valence-corrected chi connectivity index (χ3v) is 6.87. The number of anilines is 2. The van der Waals surface area contributed by atoms with Crippen LogP contribution in [0.5, 0.6) is 5.88 Å². The van der Waals surface area contributed by atoms with E-state index in [2.05, 4.69) is 5.32 Å². The number of nitrogens with zero attached hydrogens (tertiary/aromatic N) is 3. The molecule has 212 valence electrons. The fraction of sp³-hybridized carbons (Fsp3) is 0.147. The van der Waals surface area contributed by atoms with Gasteiger partial charge in [0.05, 0.1) is 11.3 Å². The Morgan fingerprint density at radius 2 is 1.50 bits per heavy atom. The lowest BCUT2D eigenvalue weighted by molar-refractivity contribution is -0.132. The van der Waals surface area contributed by atoms with Gasteiger partial charge < -0.3 is 15.0 Å². The van der Waals surface area contributed by atoms with Gasteiger partial charge in [-0.15, -0.1) is 0 Å². The number of esters is 1. The van der Waals surface area contributed by atoms with E-state index < -0.39 is 11.8 Å². The summed E-state index contributed by atoms with van der Waals surface area (Å²) in [7, 11) is 3.95. The fourth-order valence-electron chi connectivity index (χ4n) is 4.65. The summed E-state index contributed by atoms with van der Waals surface area (Å²) in [5.74, 6) is -0.938. The number of rotatable bonds is 7. The third-order valence-electron chi connectivity index (χ3n) is 6.87. The summed E-state index contributed by atoms with van der Waals surface area (Å²) in [4.78, 5) is 27.1. The van der Waals surface area contributed by atoms with Crippen molar-refractivity contribution in [1.29, 1.82) is 0 Å². The molecule has 0 aliphatic carbocycles. The number of hydrogen-bond acceptors (Lipinski definition) is 5. The average Bonchev–Trinajstić information content (AvgIpc) is 3.33. The first kappa shape index (κ1) is 28.3. The van der Waals surface area contributed by atoms with E-state index in [0.29, 0.717) is 28.4 Å². The number of nitrogens with one attached hydrogen (secondary N) is 1. The number of aryl methyl sites for hydroxylation is 2. The second-order valence-electron chi connectivity index (χ2n) is 10.3. The zero-order chi connectivity index (χ0) is 30.0. The first-order valence-electron chi connectivity index (χ1n) is 13.4. The molecule has 1 aromatic heterocycles. The lowest BCUT2D eigenvalue weighted by Gasteiger charge is -2.13. The molecule has 1 heterocycles. The largest absolute Gasteiger partial charge is 0.407 e. The molecule has 1 N–H and O–H groups in total. The molecule has 7 nitrogen and oxygen atoms in total. The summed E-state index contributed by atoms with van der Waals surface area (Å²) in [6, 6.07) is 26.6. The summed E-state index contributed by atoms with van der Waals surface area (Å²) in [5, 5.41) is 7.84. The molecule has 1 amide bonds. The highest BCUT2D eigenvalue weighted by Crippen LogP contribution is 2.42. The summed E-state index contributed by atoms with van der Waals surface area (Å²) in [5.41, 5.74) is 7.62. The molecule has 8 heteroatoms. The highest BCUT2D eigenvalue weighted by atomic mass is 19.1. The smallest absolute Gasteiger partial charge is 0.309 e. The summed E-state index contributed by atoms with van der Waals surface area (Å²) in [6.45, 7) is 5.35. The number of halogens is 1. The topological polar surface area (TPSA) is 76.5 Å². The SMILES string of the molecule is CC(=O)Oc1c(-c2ccc(NC(=O)c3ccc(F)cc3)cc2)c(-c2ccc(N(C)C)cc2)nn1-c1cc(C)ccc1C. The Labute approximate surface area is 244 Å². The van der Waals surface area contributed by atoms with Crippen LogP contribution in [0.25, 0.3) is 28.1 Å². The molecule has 0 saturated carbocycles. The van der Waals surface area contributed by atoms with E-state index >= 15 is 0 Å². The van der Waals surface area contributed by atoms with Gasteiger partial charge in [0.2, 0.25) is 5.88 Å². The Morgan fingerprint density at radius 1 is 0.857 bits per heavy atom. The van der Waals surface area contributed by atoms with Crippen molar-refractivity contribution in [3.05, 3.63) is 114 Å². The molecular weight excluding hydrogens is 531 g/mol. The van der Waals surface area contributed by atoms with Gasteiger partial charge in [-0.2, -0.15) is 9.78 Å². The van der Waals surface area contributed by atoms with Gasteiger partial charge in [-0.1, -0.05) is 36.4 Å². The molecule has 0 spiro atoms. The predicted molar refractivity (Wildman–Crippen MR) is 164 cm³/mol. The molecule has 5 rings (SSSR count). The van der Waals surface area contributed by atoms with Crippen molar-refractivity contribution in [2.75, 3.05) is 24.3 Å². The van der Waals surface area contributed by atoms with Crippen molar-refractivity contribution in [2.24, 2.45) is 0 Å². The van der Waals surface area contributed by atoms with Crippen molar-refractivity contribution in [1.82, 2.24) is 9.78 Å². The van der Waals surface area contributed by atoms with Gasteiger partial charge in [-0.25, -0.2) is 4.39 Å². The van der Waals surface area contributed by atoms with E-state index in [1.165, 1.54) is 31.2 Å². The monoisotopic (exact) mass is 562 g/mol. The number of amides is 1. The van der Waals surface area contributed by atoms with Crippen molar-refractivity contribution in [3.8, 4) is 34.0 Å². The standard InChI is InChI=1S/C34H31FN4O3/c1-21-6-7-22(2)30(20-21)39-34(42-23(3)40)31(32(37-39)25-12-18-29(19-13-25)38(4)5)24-10-16-28(17-11-24)36-33(41)26-8-14-27(35)15-9-26/h6-20H,1-5H3,(H,36,41). The Morgan fingerprint density at radius 3 is 2.12 bits per heavy atom. The zero-order valence-electron chi connectivity index (χ0n) is 24.1. The second-order valence-corrected chi connectivity index (χ2v) is 10.3. The number of carbonyl (C=O) groups excluding carboxylic acids is 2. The van der Waals surface area contributed by atoms with Crippen molar-refractivity contribution in [2.45, 2.75) is 20.8 Å². The lowest BCUT2D eigenvalue weighted by Crippen LogP contribution is -2.11. The van der Waals surface area contributed by atoms with Crippen LogP contribution in [-0.4, -0.2) is 35.8 Å². The van der Waals surface area contributed by atoms with Crippen LogP contribution in [0.2, 0.25) is 0 Å². The number of ether oxygens (including phenoxy) is 1. The number of carbonyl (C=O) groups is 2. The highest BCUT2D eigenvalue weighted by Gasteiger charge is 2.25. The molecule has 0 aliphatic rings. The van der Waals surface area contributed by atoms with Crippen LogP contribution < -0.4 is 15.0 Å². The number of hydrogen-bond donors (Lipinski definition) is 1. The minimum absolute atomic E-state index is 0.297. The van der Waals surface area contributed by atoms with Gasteiger partial charge in [0.15, 0.2) is 0 Å². The minimum Gasteiger partial charge on any atom is -0.407 e. The Hall–Kier alpha value is -5.24. The molecule has 0 fully saturated rings. The van der Waals surface area contributed by atoms with Crippen LogP contribution >= 0.6 is 0 Å². The van der Waals surface area contributed by atoms with E-state index in [-0.39, 0.29) is 5.91 Å². The van der Waals surface area contributed by atoms with Gasteiger partial charge >= 0.3 is 5.97 Å². The Balaban J connectivity index is 1.63. The van der Waals surface area contributed by atoms with Gasteiger partial charge in [-0.3, -0.25) is 9.59 Å². The van der Waals surface area contributed by atoms with Crippen LogP contribution in [0.1, 0.15) is 28.4 Å². The minimum atomic E-state index is -0.472. The van der Waals surface area contributed by atoms with Crippen molar-refractivity contribution >= 4 is 23.3 Å². The first-order chi connectivity index (χ1) is 20.1. The summed E-state index contributed by atoms with van der Waals surface area (Å²) >= 11 is 0. The van der Waals surface area contributed by atoms with Crippen molar-refractivity contribution < 1.29 is 18.7 Å². The van der Waals surface area contributed by atoms with Crippen LogP contribution in [0.3, 0.4) is 0 Å². The maximum Gasteiger partial charge on any atom is 0.309 e. The molecular formula is C34H31FN4O3. The van der Waals surface area contributed by atoms with Crippen LogP contribution in [0.4, 0.5) is 15.8 Å².